The number of carbonyl (C=O) groups is 1. The molecule has 2 N–H and O–H groups in total. The molecule has 2 aromatic heterocycles. The minimum Gasteiger partial charge on any atom is -0.495 e. The summed E-state index contributed by atoms with van der Waals surface area (Å²) in [5, 5.41) is 6.78. The number of aromatic nitrogens is 2. The highest BCUT2D eigenvalue weighted by atomic mass is 16.5. The summed E-state index contributed by atoms with van der Waals surface area (Å²) in [6, 6.07) is 11.2. The lowest BCUT2D eigenvalue weighted by Crippen LogP contribution is -2.09. The molecule has 0 unspecified atom stereocenters. The highest BCUT2D eigenvalue weighted by Gasteiger charge is 2.15. The third-order valence-electron chi connectivity index (χ3n) is 5.02. The van der Waals surface area contributed by atoms with Gasteiger partial charge in [0.05, 0.1) is 37.4 Å². The molecule has 0 bridgehead atoms. The Balaban J connectivity index is 1.80. The second kappa shape index (κ2) is 8.81. The van der Waals surface area contributed by atoms with E-state index in [-0.39, 0.29) is 5.91 Å². The monoisotopic (exact) mass is 430 g/mol. The Bertz CT molecular complexity index is 1310. The number of carbonyl (C=O) groups excluding carboxylic acids is 1. The minimum absolute atomic E-state index is 0.348. The molecule has 0 spiro atoms. The second-order valence-corrected chi connectivity index (χ2v) is 6.92. The first-order chi connectivity index (χ1) is 15.5. The number of rotatable bonds is 7. The molecule has 0 fully saturated rings. The molecule has 8 heteroatoms. The van der Waals surface area contributed by atoms with Gasteiger partial charge in [-0.2, -0.15) is 0 Å². The molecule has 2 aromatic carbocycles. The van der Waals surface area contributed by atoms with Gasteiger partial charge >= 0.3 is 0 Å². The molecule has 0 aliphatic rings. The molecular weight excluding hydrogens is 408 g/mol. The second-order valence-electron chi connectivity index (χ2n) is 6.92. The van der Waals surface area contributed by atoms with E-state index in [4.69, 9.17) is 13.9 Å². The zero-order valence-electron chi connectivity index (χ0n) is 17.9. The Labute approximate surface area is 184 Å². The average molecular weight is 430 g/mol. The number of furan rings is 1. The molecule has 0 radical (unpaired) electrons. The first kappa shape index (κ1) is 20.9. The zero-order valence-corrected chi connectivity index (χ0v) is 17.9. The Morgan fingerprint density at radius 1 is 1.06 bits per heavy atom. The van der Waals surface area contributed by atoms with Crippen LogP contribution in [-0.4, -0.2) is 30.1 Å². The number of ether oxygens (including phenoxy) is 2. The molecule has 162 valence electrons. The maximum absolute atomic E-state index is 11.9. The van der Waals surface area contributed by atoms with Crippen LogP contribution in [0.3, 0.4) is 0 Å². The predicted molar refractivity (Wildman–Crippen MR) is 124 cm³/mol. The molecule has 0 aliphatic heterocycles. The van der Waals surface area contributed by atoms with E-state index >= 15 is 0 Å². The number of methoxy groups -OCH3 is 2. The van der Waals surface area contributed by atoms with Crippen molar-refractivity contribution < 1.29 is 18.7 Å². The molecule has 4 aromatic rings. The summed E-state index contributed by atoms with van der Waals surface area (Å²) in [7, 11) is 3.13. The Hall–Kier alpha value is -4.33. The van der Waals surface area contributed by atoms with E-state index in [1.54, 1.807) is 25.5 Å². The van der Waals surface area contributed by atoms with Crippen molar-refractivity contribution in [2.75, 3.05) is 24.9 Å². The zero-order chi connectivity index (χ0) is 22.7. The molecule has 0 aliphatic carbocycles. The van der Waals surface area contributed by atoms with Gasteiger partial charge in [-0.05, 0) is 42.8 Å². The maximum Gasteiger partial charge on any atom is 0.247 e. The number of anilines is 3. The third kappa shape index (κ3) is 3.98. The van der Waals surface area contributed by atoms with Gasteiger partial charge in [-0.25, -0.2) is 9.97 Å². The van der Waals surface area contributed by atoms with Gasteiger partial charge in [0, 0.05) is 17.0 Å². The van der Waals surface area contributed by atoms with Crippen LogP contribution in [0.5, 0.6) is 11.5 Å². The van der Waals surface area contributed by atoms with Crippen molar-refractivity contribution in [2.24, 2.45) is 0 Å². The van der Waals surface area contributed by atoms with E-state index in [1.165, 1.54) is 19.5 Å². The van der Waals surface area contributed by atoms with Crippen LogP contribution < -0.4 is 20.1 Å². The fourth-order valence-corrected chi connectivity index (χ4v) is 3.42. The molecule has 0 saturated carbocycles. The number of aryl methyl sites for hydroxylation is 1. The van der Waals surface area contributed by atoms with Crippen molar-refractivity contribution in [3.05, 3.63) is 67.4 Å². The Morgan fingerprint density at radius 3 is 2.56 bits per heavy atom. The van der Waals surface area contributed by atoms with Crippen LogP contribution >= 0.6 is 0 Å². The molecule has 0 saturated heterocycles. The van der Waals surface area contributed by atoms with Crippen LogP contribution in [-0.2, 0) is 4.79 Å². The lowest BCUT2D eigenvalue weighted by atomic mass is 10.1. The van der Waals surface area contributed by atoms with Gasteiger partial charge in [-0.1, -0.05) is 12.6 Å². The van der Waals surface area contributed by atoms with Gasteiger partial charge in [-0.3, -0.25) is 4.79 Å². The van der Waals surface area contributed by atoms with Crippen LogP contribution in [0.4, 0.5) is 17.2 Å². The van der Waals surface area contributed by atoms with E-state index in [0.717, 1.165) is 22.6 Å². The van der Waals surface area contributed by atoms with Crippen LogP contribution in [0, 0.1) is 6.92 Å². The van der Waals surface area contributed by atoms with E-state index < -0.39 is 0 Å². The number of hydrogen-bond acceptors (Lipinski definition) is 7. The van der Waals surface area contributed by atoms with Gasteiger partial charge in [0.2, 0.25) is 5.91 Å². The number of fused-ring (bicyclic) bond motifs is 1. The van der Waals surface area contributed by atoms with Gasteiger partial charge < -0.3 is 24.5 Å². The van der Waals surface area contributed by atoms with Crippen molar-refractivity contribution in [3.8, 4) is 22.6 Å². The molecule has 32 heavy (non-hydrogen) atoms. The highest BCUT2D eigenvalue weighted by molar-refractivity contribution is 6.03. The van der Waals surface area contributed by atoms with Gasteiger partial charge in [0.25, 0.3) is 0 Å². The molecule has 4 rings (SSSR count). The van der Waals surface area contributed by atoms with Crippen molar-refractivity contribution >= 4 is 34.0 Å². The van der Waals surface area contributed by atoms with Gasteiger partial charge in [-0.15, -0.1) is 0 Å². The summed E-state index contributed by atoms with van der Waals surface area (Å²) in [6.45, 7) is 5.41. The SMILES string of the molecule is C=CC(=O)Nc1cc2c(Nc3cc(-c4ccoc4C)ccc3OC)ncnc2cc1OC. The van der Waals surface area contributed by atoms with Crippen LogP contribution in [0.2, 0.25) is 0 Å². The molecular formula is C24H22N4O4. The van der Waals surface area contributed by atoms with Crippen molar-refractivity contribution in [3.63, 3.8) is 0 Å². The molecule has 2 heterocycles. The van der Waals surface area contributed by atoms with E-state index in [1.807, 2.05) is 31.2 Å². The summed E-state index contributed by atoms with van der Waals surface area (Å²) < 4.78 is 16.4. The van der Waals surface area contributed by atoms with E-state index in [0.29, 0.717) is 33.9 Å². The minimum atomic E-state index is -0.348. The quantitative estimate of drug-likeness (QED) is 0.394. The van der Waals surface area contributed by atoms with Gasteiger partial charge in [0.1, 0.15) is 29.4 Å². The summed E-state index contributed by atoms with van der Waals surface area (Å²) in [5.41, 5.74) is 3.81. The number of amides is 1. The number of hydrogen-bond donors (Lipinski definition) is 2. The first-order valence-corrected chi connectivity index (χ1v) is 9.79. The average Bonchev–Trinajstić information content (AvgIpc) is 3.24. The van der Waals surface area contributed by atoms with Crippen LogP contribution in [0.25, 0.3) is 22.0 Å². The van der Waals surface area contributed by atoms with Gasteiger partial charge in [0.15, 0.2) is 0 Å². The topological polar surface area (TPSA) is 98.5 Å². The van der Waals surface area contributed by atoms with Crippen LogP contribution in [0.1, 0.15) is 5.76 Å². The summed E-state index contributed by atoms with van der Waals surface area (Å²) in [6.07, 6.45) is 4.31. The smallest absolute Gasteiger partial charge is 0.247 e. The number of benzene rings is 2. The van der Waals surface area contributed by atoms with E-state index in [9.17, 15) is 4.79 Å². The third-order valence-corrected chi connectivity index (χ3v) is 5.02. The summed E-state index contributed by atoms with van der Waals surface area (Å²) >= 11 is 0. The summed E-state index contributed by atoms with van der Waals surface area (Å²) in [5.74, 6) is 2.15. The van der Waals surface area contributed by atoms with Crippen LogP contribution in [0.15, 0.2) is 66.1 Å². The lowest BCUT2D eigenvalue weighted by molar-refractivity contribution is -0.111. The Morgan fingerprint density at radius 2 is 1.88 bits per heavy atom. The fourth-order valence-electron chi connectivity index (χ4n) is 3.42. The predicted octanol–water partition coefficient (Wildman–Crippen LogP) is 5.08. The Kier molecular flexibility index (Phi) is 5.76. The highest BCUT2D eigenvalue weighted by Crippen LogP contribution is 2.37. The fraction of sp³-hybridized carbons (Fsp3) is 0.125. The number of nitrogens with zero attached hydrogens (tertiary/aromatic N) is 2. The maximum atomic E-state index is 11.9. The largest absolute Gasteiger partial charge is 0.495 e. The van der Waals surface area contributed by atoms with E-state index in [2.05, 4.69) is 27.2 Å². The summed E-state index contributed by atoms with van der Waals surface area (Å²) in [4.78, 5) is 20.6. The standard InChI is InChI=1S/C24H22N4O4/c1-5-23(29)27-20-11-17-18(12-22(20)31-4)25-13-26-24(17)28-19-10-15(6-7-21(19)30-3)16-8-9-32-14(16)2/h5-13H,1H2,2-4H3,(H,27,29)(H,25,26,28). The molecule has 1 amide bonds. The van der Waals surface area contributed by atoms with Crippen molar-refractivity contribution in [1.29, 1.82) is 0 Å². The molecule has 8 nitrogen and oxygen atoms in total. The lowest BCUT2D eigenvalue weighted by Gasteiger charge is -2.15. The van der Waals surface area contributed by atoms with Crippen molar-refractivity contribution in [2.45, 2.75) is 6.92 Å². The first-order valence-electron chi connectivity index (χ1n) is 9.79. The number of nitrogens with one attached hydrogen (secondary N) is 2. The van der Waals surface area contributed by atoms with Crippen molar-refractivity contribution in [1.82, 2.24) is 9.97 Å². The normalized spacial score (nSPS) is 10.6. The molecule has 0 atom stereocenters.